The standard InChI is InChI=1S/C15H24N2O2S2/c1-11(2)15-17-13(8-20-15)9-21(19)10-14(18)16-12-6-4-3-5-7-12/h8,11-12H,3-7,9-10H2,1-2H3,(H,16,18). The maximum atomic E-state index is 12.1. The van der Waals surface area contributed by atoms with E-state index in [1.807, 2.05) is 5.38 Å². The van der Waals surface area contributed by atoms with E-state index >= 15 is 0 Å². The van der Waals surface area contributed by atoms with Crippen LogP contribution in [0.5, 0.6) is 0 Å². The van der Waals surface area contributed by atoms with Crippen LogP contribution in [0.25, 0.3) is 0 Å². The molecule has 1 amide bonds. The first-order chi connectivity index (χ1) is 10.0. The number of hydrogen-bond acceptors (Lipinski definition) is 4. The van der Waals surface area contributed by atoms with Gasteiger partial charge in [0.2, 0.25) is 5.91 Å². The minimum Gasteiger partial charge on any atom is -0.353 e. The highest BCUT2D eigenvalue weighted by Gasteiger charge is 2.17. The normalized spacial score (nSPS) is 17.9. The quantitative estimate of drug-likeness (QED) is 0.873. The molecule has 2 rings (SSSR count). The minimum absolute atomic E-state index is 0.0838. The van der Waals surface area contributed by atoms with Crippen molar-refractivity contribution in [1.29, 1.82) is 0 Å². The van der Waals surface area contributed by atoms with Gasteiger partial charge in [-0.2, -0.15) is 0 Å². The third-order valence-electron chi connectivity index (χ3n) is 3.63. The highest BCUT2D eigenvalue weighted by Crippen LogP contribution is 2.20. The van der Waals surface area contributed by atoms with E-state index in [1.165, 1.54) is 19.3 Å². The van der Waals surface area contributed by atoms with Gasteiger partial charge in [0, 0.05) is 28.1 Å². The first kappa shape index (κ1) is 16.6. The lowest BCUT2D eigenvalue weighted by molar-refractivity contribution is -0.119. The van der Waals surface area contributed by atoms with Gasteiger partial charge < -0.3 is 5.32 Å². The number of nitrogens with one attached hydrogen (secondary N) is 1. The summed E-state index contributed by atoms with van der Waals surface area (Å²) in [6.45, 7) is 4.19. The molecule has 21 heavy (non-hydrogen) atoms. The fourth-order valence-electron chi connectivity index (χ4n) is 2.53. The molecule has 1 N–H and O–H groups in total. The lowest BCUT2D eigenvalue weighted by Gasteiger charge is -2.22. The van der Waals surface area contributed by atoms with Gasteiger partial charge in [-0.1, -0.05) is 33.1 Å². The van der Waals surface area contributed by atoms with Crippen molar-refractivity contribution in [1.82, 2.24) is 10.3 Å². The largest absolute Gasteiger partial charge is 0.353 e. The van der Waals surface area contributed by atoms with E-state index in [0.29, 0.717) is 11.7 Å². The Morgan fingerprint density at radius 2 is 2.14 bits per heavy atom. The summed E-state index contributed by atoms with van der Waals surface area (Å²) in [4.78, 5) is 16.4. The summed E-state index contributed by atoms with van der Waals surface area (Å²) < 4.78 is 12.1. The maximum Gasteiger partial charge on any atom is 0.232 e. The zero-order valence-corrected chi connectivity index (χ0v) is 14.4. The Morgan fingerprint density at radius 1 is 1.43 bits per heavy atom. The molecule has 0 radical (unpaired) electrons. The van der Waals surface area contributed by atoms with Crippen LogP contribution < -0.4 is 5.32 Å². The summed E-state index contributed by atoms with van der Waals surface area (Å²) in [7, 11) is -1.17. The lowest BCUT2D eigenvalue weighted by Crippen LogP contribution is -2.38. The van der Waals surface area contributed by atoms with Crippen molar-refractivity contribution < 1.29 is 9.00 Å². The van der Waals surface area contributed by atoms with Gasteiger partial charge in [-0.25, -0.2) is 4.98 Å². The van der Waals surface area contributed by atoms with Gasteiger partial charge in [-0.05, 0) is 12.8 Å². The monoisotopic (exact) mass is 328 g/mol. The Bertz CT molecular complexity index is 494. The molecule has 1 heterocycles. The molecule has 1 fully saturated rings. The molecule has 1 aliphatic rings. The lowest BCUT2D eigenvalue weighted by atomic mass is 9.95. The average molecular weight is 329 g/mol. The molecule has 1 saturated carbocycles. The summed E-state index contributed by atoms with van der Waals surface area (Å²) in [5.41, 5.74) is 0.840. The van der Waals surface area contributed by atoms with Crippen molar-refractivity contribution in [2.24, 2.45) is 0 Å². The molecule has 0 saturated heterocycles. The zero-order chi connectivity index (χ0) is 15.2. The van der Waals surface area contributed by atoms with E-state index < -0.39 is 10.8 Å². The molecular weight excluding hydrogens is 304 g/mol. The number of aromatic nitrogens is 1. The van der Waals surface area contributed by atoms with Gasteiger partial charge in [-0.3, -0.25) is 9.00 Å². The van der Waals surface area contributed by atoms with Crippen LogP contribution in [0.1, 0.15) is 62.6 Å². The number of carbonyl (C=O) groups is 1. The second-order valence-electron chi connectivity index (χ2n) is 5.96. The molecule has 0 aliphatic heterocycles. The zero-order valence-electron chi connectivity index (χ0n) is 12.8. The molecule has 1 aromatic heterocycles. The van der Waals surface area contributed by atoms with E-state index in [2.05, 4.69) is 24.1 Å². The van der Waals surface area contributed by atoms with Crippen LogP contribution in [0.4, 0.5) is 0 Å². The Morgan fingerprint density at radius 3 is 2.76 bits per heavy atom. The van der Waals surface area contributed by atoms with Gasteiger partial charge in [0.1, 0.15) is 5.75 Å². The van der Waals surface area contributed by atoms with Crippen molar-refractivity contribution in [3.05, 3.63) is 16.1 Å². The molecule has 4 nitrogen and oxygen atoms in total. The van der Waals surface area contributed by atoms with Crippen molar-refractivity contribution in [3.63, 3.8) is 0 Å². The van der Waals surface area contributed by atoms with Crippen LogP contribution in [-0.2, 0) is 21.3 Å². The molecule has 0 spiro atoms. The number of nitrogens with zero attached hydrogens (tertiary/aromatic N) is 1. The van der Waals surface area contributed by atoms with Crippen LogP contribution in [0.15, 0.2) is 5.38 Å². The summed E-state index contributed by atoms with van der Waals surface area (Å²) in [5.74, 6) is 0.776. The summed E-state index contributed by atoms with van der Waals surface area (Å²) >= 11 is 1.60. The molecule has 1 aliphatic carbocycles. The van der Waals surface area contributed by atoms with Crippen LogP contribution >= 0.6 is 11.3 Å². The first-order valence-electron chi connectivity index (χ1n) is 7.63. The SMILES string of the molecule is CC(C)c1nc(CS(=O)CC(=O)NC2CCCCC2)cs1. The molecule has 1 aromatic rings. The van der Waals surface area contributed by atoms with Crippen molar-refractivity contribution in [3.8, 4) is 0 Å². The van der Waals surface area contributed by atoms with Gasteiger partial charge in [0.15, 0.2) is 0 Å². The number of amides is 1. The summed E-state index contributed by atoms with van der Waals surface area (Å²) in [6, 6.07) is 0.287. The summed E-state index contributed by atoms with van der Waals surface area (Å²) in [5, 5.41) is 6.02. The fraction of sp³-hybridized carbons (Fsp3) is 0.733. The Labute approximate surface area is 133 Å². The molecule has 0 bridgehead atoms. The first-order valence-corrected chi connectivity index (χ1v) is 10.00. The van der Waals surface area contributed by atoms with Crippen molar-refractivity contribution >= 4 is 28.0 Å². The Balaban J connectivity index is 1.76. The smallest absolute Gasteiger partial charge is 0.232 e. The maximum absolute atomic E-state index is 12.1. The number of carbonyl (C=O) groups excluding carboxylic acids is 1. The van der Waals surface area contributed by atoms with Crippen LogP contribution in [-0.4, -0.2) is 26.9 Å². The highest BCUT2D eigenvalue weighted by molar-refractivity contribution is 7.84. The second kappa shape index (κ2) is 8.03. The molecule has 1 unspecified atom stereocenters. The number of hydrogen-bond donors (Lipinski definition) is 1. The Kier molecular flexibility index (Phi) is 6.36. The Hall–Kier alpha value is -0.750. The highest BCUT2D eigenvalue weighted by atomic mass is 32.2. The predicted molar refractivity (Wildman–Crippen MR) is 87.9 cm³/mol. The number of rotatable bonds is 6. The van der Waals surface area contributed by atoms with Gasteiger partial charge >= 0.3 is 0 Å². The van der Waals surface area contributed by atoms with Gasteiger partial charge in [0.25, 0.3) is 0 Å². The molecule has 1 atom stereocenters. The van der Waals surface area contributed by atoms with Crippen molar-refractivity contribution in [2.75, 3.05) is 5.75 Å². The summed E-state index contributed by atoms with van der Waals surface area (Å²) in [6.07, 6.45) is 5.75. The topological polar surface area (TPSA) is 59.1 Å². The van der Waals surface area contributed by atoms with E-state index in [0.717, 1.165) is 23.5 Å². The molecule has 0 aromatic carbocycles. The van der Waals surface area contributed by atoms with Crippen LogP contribution in [0.2, 0.25) is 0 Å². The van der Waals surface area contributed by atoms with Crippen LogP contribution in [0, 0.1) is 0 Å². The molecule has 118 valence electrons. The third-order valence-corrected chi connectivity index (χ3v) is 6.03. The van der Waals surface area contributed by atoms with Crippen molar-refractivity contribution in [2.45, 2.75) is 63.7 Å². The van der Waals surface area contributed by atoms with E-state index in [1.54, 1.807) is 11.3 Å². The van der Waals surface area contributed by atoms with E-state index in [9.17, 15) is 9.00 Å². The minimum atomic E-state index is -1.17. The number of thiazole rings is 1. The average Bonchev–Trinajstić information content (AvgIpc) is 2.88. The fourth-order valence-corrected chi connectivity index (χ4v) is 4.43. The van der Waals surface area contributed by atoms with Crippen LogP contribution in [0.3, 0.4) is 0 Å². The van der Waals surface area contributed by atoms with Gasteiger partial charge in [-0.15, -0.1) is 11.3 Å². The predicted octanol–water partition coefficient (Wildman–Crippen LogP) is 2.96. The van der Waals surface area contributed by atoms with E-state index in [4.69, 9.17) is 0 Å². The second-order valence-corrected chi connectivity index (χ2v) is 8.31. The van der Waals surface area contributed by atoms with Gasteiger partial charge in [0.05, 0.1) is 16.5 Å². The molecular formula is C15H24N2O2S2. The van der Waals surface area contributed by atoms with E-state index in [-0.39, 0.29) is 17.7 Å². The third kappa shape index (κ3) is 5.51. The molecule has 6 heteroatoms.